The first-order valence-electron chi connectivity index (χ1n) is 5.55. The molecule has 0 unspecified atom stereocenters. The summed E-state index contributed by atoms with van der Waals surface area (Å²) in [5, 5.41) is 3.34. The van der Waals surface area contributed by atoms with Crippen LogP contribution in [0.2, 0.25) is 0 Å². The first-order valence-corrected chi connectivity index (χ1v) is 5.55. The van der Waals surface area contributed by atoms with Gasteiger partial charge < -0.3 is 11.1 Å². The number of hydrogen-bond acceptors (Lipinski definition) is 4. The monoisotopic (exact) mass is 206 g/mol. The summed E-state index contributed by atoms with van der Waals surface area (Å²) < 4.78 is 0. The number of nitrogens with two attached hydrogens (primary N) is 1. The maximum atomic E-state index is 5.58. The molecule has 0 bridgehead atoms. The number of aromatic nitrogens is 2. The van der Waals surface area contributed by atoms with E-state index in [2.05, 4.69) is 22.2 Å². The summed E-state index contributed by atoms with van der Waals surface area (Å²) >= 11 is 0. The number of anilines is 2. The Bertz CT molecular complexity index is 333. The van der Waals surface area contributed by atoms with Crippen molar-refractivity contribution >= 4 is 11.6 Å². The van der Waals surface area contributed by atoms with E-state index >= 15 is 0 Å². The van der Waals surface area contributed by atoms with Crippen LogP contribution in [0, 0.1) is 5.41 Å². The number of rotatable bonds is 5. The summed E-state index contributed by atoms with van der Waals surface area (Å²) in [4.78, 5) is 7.99. The number of nitrogens with zero attached hydrogens (tertiary/aromatic N) is 2. The number of nitrogens with one attached hydrogen (secondary N) is 1. The van der Waals surface area contributed by atoms with E-state index in [1.54, 1.807) is 6.07 Å². The highest BCUT2D eigenvalue weighted by Crippen LogP contribution is 2.49. The molecule has 1 fully saturated rings. The van der Waals surface area contributed by atoms with Gasteiger partial charge in [-0.25, -0.2) is 9.97 Å². The van der Waals surface area contributed by atoms with Crippen molar-refractivity contribution in [1.82, 2.24) is 9.97 Å². The molecule has 82 valence electrons. The Labute approximate surface area is 90.3 Å². The second kappa shape index (κ2) is 4.04. The lowest BCUT2D eigenvalue weighted by molar-refractivity contribution is 0.485. The summed E-state index contributed by atoms with van der Waals surface area (Å²) in [5.74, 6) is 1.36. The van der Waals surface area contributed by atoms with Gasteiger partial charge in [-0.05, 0) is 24.7 Å². The van der Waals surface area contributed by atoms with Gasteiger partial charge in [0.25, 0.3) is 0 Å². The molecule has 2 rings (SSSR count). The Hall–Kier alpha value is -1.32. The minimum atomic E-state index is 0.521. The molecule has 0 aromatic carbocycles. The molecule has 4 heteroatoms. The Morgan fingerprint density at radius 1 is 1.47 bits per heavy atom. The van der Waals surface area contributed by atoms with Gasteiger partial charge in [-0.2, -0.15) is 0 Å². The van der Waals surface area contributed by atoms with Crippen LogP contribution in [-0.4, -0.2) is 16.5 Å². The molecular weight excluding hydrogens is 188 g/mol. The third kappa shape index (κ3) is 2.58. The van der Waals surface area contributed by atoms with Crippen LogP contribution in [0.25, 0.3) is 0 Å². The second-order valence-electron chi connectivity index (χ2n) is 4.43. The SMILES string of the molecule is CCCC1(CNc2cc(N)ncn2)CC1. The highest BCUT2D eigenvalue weighted by Gasteiger charge is 2.41. The molecule has 0 radical (unpaired) electrons. The second-order valence-corrected chi connectivity index (χ2v) is 4.43. The molecule has 0 amide bonds. The van der Waals surface area contributed by atoms with Crippen LogP contribution in [0.3, 0.4) is 0 Å². The lowest BCUT2D eigenvalue weighted by atomic mass is 10.0. The maximum absolute atomic E-state index is 5.58. The van der Waals surface area contributed by atoms with Gasteiger partial charge in [0.1, 0.15) is 18.0 Å². The van der Waals surface area contributed by atoms with E-state index in [0.29, 0.717) is 11.2 Å². The van der Waals surface area contributed by atoms with E-state index in [1.807, 2.05) is 0 Å². The van der Waals surface area contributed by atoms with Crippen LogP contribution in [0.4, 0.5) is 11.6 Å². The largest absolute Gasteiger partial charge is 0.384 e. The van der Waals surface area contributed by atoms with Crippen molar-refractivity contribution < 1.29 is 0 Å². The molecule has 1 saturated carbocycles. The van der Waals surface area contributed by atoms with E-state index in [1.165, 1.54) is 32.0 Å². The molecule has 15 heavy (non-hydrogen) atoms. The minimum Gasteiger partial charge on any atom is -0.384 e. The fraction of sp³-hybridized carbons (Fsp3) is 0.636. The van der Waals surface area contributed by atoms with Crippen LogP contribution in [0.15, 0.2) is 12.4 Å². The molecule has 1 aliphatic carbocycles. The molecule has 0 atom stereocenters. The first-order chi connectivity index (χ1) is 7.24. The van der Waals surface area contributed by atoms with Crippen molar-refractivity contribution in [3.05, 3.63) is 12.4 Å². The highest BCUT2D eigenvalue weighted by molar-refractivity contribution is 5.43. The zero-order chi connectivity index (χ0) is 10.7. The average Bonchev–Trinajstić information content (AvgIpc) is 2.97. The van der Waals surface area contributed by atoms with Gasteiger partial charge in [0.2, 0.25) is 0 Å². The van der Waals surface area contributed by atoms with E-state index < -0.39 is 0 Å². The molecule has 4 nitrogen and oxygen atoms in total. The summed E-state index contributed by atoms with van der Waals surface area (Å²) in [5.41, 5.74) is 6.12. The topological polar surface area (TPSA) is 63.8 Å². The van der Waals surface area contributed by atoms with Gasteiger partial charge in [0, 0.05) is 12.6 Å². The predicted molar refractivity (Wildman–Crippen MR) is 61.5 cm³/mol. The van der Waals surface area contributed by atoms with E-state index in [0.717, 1.165) is 12.4 Å². The third-order valence-electron chi connectivity index (χ3n) is 3.07. The standard InChI is InChI=1S/C11H18N4/c1-2-3-11(4-5-11)7-13-10-6-9(12)14-8-15-10/h6,8H,2-5,7H2,1H3,(H3,12,13,14,15). The summed E-state index contributed by atoms with van der Waals surface area (Å²) in [6, 6.07) is 1.78. The Morgan fingerprint density at radius 2 is 2.27 bits per heavy atom. The fourth-order valence-electron chi connectivity index (χ4n) is 1.97. The van der Waals surface area contributed by atoms with Crippen LogP contribution in [0.1, 0.15) is 32.6 Å². The van der Waals surface area contributed by atoms with E-state index in [-0.39, 0.29) is 0 Å². The summed E-state index contributed by atoms with van der Waals surface area (Å²) in [7, 11) is 0. The van der Waals surface area contributed by atoms with Crippen LogP contribution in [0.5, 0.6) is 0 Å². The van der Waals surface area contributed by atoms with E-state index in [9.17, 15) is 0 Å². The molecule has 1 heterocycles. The number of nitrogen functional groups attached to an aromatic ring is 1. The smallest absolute Gasteiger partial charge is 0.131 e. The fourth-order valence-corrected chi connectivity index (χ4v) is 1.97. The van der Waals surface area contributed by atoms with Crippen molar-refractivity contribution in [2.75, 3.05) is 17.6 Å². The molecule has 0 spiro atoms. The van der Waals surface area contributed by atoms with Crippen LogP contribution < -0.4 is 11.1 Å². The average molecular weight is 206 g/mol. The van der Waals surface area contributed by atoms with Crippen LogP contribution in [-0.2, 0) is 0 Å². The zero-order valence-electron chi connectivity index (χ0n) is 9.16. The predicted octanol–water partition coefficient (Wildman–Crippen LogP) is 2.05. The van der Waals surface area contributed by atoms with Gasteiger partial charge >= 0.3 is 0 Å². The molecule has 1 aromatic heterocycles. The van der Waals surface area contributed by atoms with Gasteiger partial charge in [0.05, 0.1) is 0 Å². The Balaban J connectivity index is 1.88. The number of hydrogen-bond donors (Lipinski definition) is 2. The lowest BCUT2D eigenvalue weighted by Gasteiger charge is -2.15. The van der Waals surface area contributed by atoms with E-state index in [4.69, 9.17) is 5.73 Å². The van der Waals surface area contributed by atoms with Crippen LogP contribution >= 0.6 is 0 Å². The quantitative estimate of drug-likeness (QED) is 0.774. The van der Waals surface area contributed by atoms with Crippen molar-refractivity contribution in [3.63, 3.8) is 0 Å². The Kier molecular flexibility index (Phi) is 2.75. The molecule has 3 N–H and O–H groups in total. The normalized spacial score (nSPS) is 17.4. The highest BCUT2D eigenvalue weighted by atomic mass is 15.0. The maximum Gasteiger partial charge on any atom is 0.131 e. The summed E-state index contributed by atoms with van der Waals surface area (Å²) in [6.45, 7) is 3.25. The van der Waals surface area contributed by atoms with Gasteiger partial charge in [-0.1, -0.05) is 13.3 Å². The van der Waals surface area contributed by atoms with Crippen molar-refractivity contribution in [1.29, 1.82) is 0 Å². The molecule has 0 aliphatic heterocycles. The van der Waals surface area contributed by atoms with Gasteiger partial charge in [-0.15, -0.1) is 0 Å². The van der Waals surface area contributed by atoms with Crippen molar-refractivity contribution in [2.24, 2.45) is 5.41 Å². The molecule has 1 aromatic rings. The van der Waals surface area contributed by atoms with Crippen molar-refractivity contribution in [3.8, 4) is 0 Å². The first kappa shape index (κ1) is 10.2. The van der Waals surface area contributed by atoms with Crippen molar-refractivity contribution in [2.45, 2.75) is 32.6 Å². The molecule has 0 saturated heterocycles. The summed E-state index contributed by atoms with van der Waals surface area (Å²) in [6.07, 6.45) is 6.74. The Morgan fingerprint density at radius 3 is 2.87 bits per heavy atom. The van der Waals surface area contributed by atoms with Gasteiger partial charge in [-0.3, -0.25) is 0 Å². The minimum absolute atomic E-state index is 0.521. The zero-order valence-corrected chi connectivity index (χ0v) is 9.16. The molecule has 1 aliphatic rings. The van der Waals surface area contributed by atoms with Gasteiger partial charge in [0.15, 0.2) is 0 Å². The lowest BCUT2D eigenvalue weighted by Crippen LogP contribution is -2.16. The third-order valence-corrected chi connectivity index (χ3v) is 3.07. The molecular formula is C11H18N4.